The summed E-state index contributed by atoms with van der Waals surface area (Å²) in [6, 6.07) is 9.02. The molecule has 5 nitrogen and oxygen atoms in total. The minimum Gasteiger partial charge on any atom is -0.358 e. The van der Waals surface area contributed by atoms with Gasteiger partial charge in [0.25, 0.3) is 0 Å². The van der Waals surface area contributed by atoms with Gasteiger partial charge in [-0.25, -0.2) is 0 Å². The van der Waals surface area contributed by atoms with E-state index in [1.807, 2.05) is 35.2 Å². The normalized spacial score (nSPS) is 19.6. The quantitative estimate of drug-likeness (QED) is 0.840. The molecule has 2 unspecified atom stereocenters. The number of nitrogens with zero attached hydrogens (tertiary/aromatic N) is 1. The molecule has 126 valence electrons. The molecule has 0 bridgehead atoms. The highest BCUT2D eigenvalue weighted by molar-refractivity contribution is 5.86. The average Bonchev–Trinajstić information content (AvgIpc) is 3.03. The molecule has 0 saturated carbocycles. The maximum atomic E-state index is 12.5. The third-order valence-electron chi connectivity index (χ3n) is 4.22. The first-order valence-electron chi connectivity index (χ1n) is 8.34. The molecule has 0 aromatic heterocycles. The monoisotopic (exact) mass is 317 g/mol. The van der Waals surface area contributed by atoms with Crippen molar-refractivity contribution in [2.24, 2.45) is 5.92 Å². The Bertz CT molecular complexity index is 530. The van der Waals surface area contributed by atoms with Crippen molar-refractivity contribution in [1.82, 2.24) is 15.5 Å². The molecule has 2 N–H and O–H groups in total. The van der Waals surface area contributed by atoms with Crippen LogP contribution >= 0.6 is 0 Å². The molecule has 1 heterocycles. The molecule has 1 aromatic carbocycles. The van der Waals surface area contributed by atoms with E-state index >= 15 is 0 Å². The zero-order valence-corrected chi connectivity index (χ0v) is 14.2. The first kappa shape index (κ1) is 17.5. The minimum absolute atomic E-state index is 0.0287. The van der Waals surface area contributed by atoms with Crippen LogP contribution in [0.1, 0.15) is 38.3 Å². The van der Waals surface area contributed by atoms with Crippen molar-refractivity contribution in [1.29, 1.82) is 0 Å². The number of amides is 2. The number of rotatable bonds is 6. The van der Waals surface area contributed by atoms with E-state index < -0.39 is 6.04 Å². The molecule has 1 aromatic rings. The molecular weight excluding hydrogens is 290 g/mol. The van der Waals surface area contributed by atoms with Gasteiger partial charge in [0.1, 0.15) is 6.04 Å². The Morgan fingerprint density at radius 3 is 2.57 bits per heavy atom. The zero-order chi connectivity index (χ0) is 16.8. The third kappa shape index (κ3) is 4.32. The van der Waals surface area contributed by atoms with E-state index in [-0.39, 0.29) is 17.9 Å². The maximum absolute atomic E-state index is 12.5. The lowest BCUT2D eigenvalue weighted by Crippen LogP contribution is -2.49. The van der Waals surface area contributed by atoms with Crippen LogP contribution in [0.4, 0.5) is 0 Å². The maximum Gasteiger partial charge on any atom is 0.241 e. The standard InChI is InChI=1S/C18H27N3O2/c1-13(2)12-20-17(22)15-10-7-11-21(15)16(18(23)19-3)14-8-5-4-6-9-14/h4-6,8-9,13,15-16H,7,10-12H2,1-3H3,(H,19,23)(H,20,22). The summed E-state index contributed by atoms with van der Waals surface area (Å²) in [5.74, 6) is 0.374. The Kier molecular flexibility index (Phi) is 6.16. The Balaban J connectivity index is 2.20. The van der Waals surface area contributed by atoms with Gasteiger partial charge in [-0.1, -0.05) is 44.2 Å². The smallest absolute Gasteiger partial charge is 0.241 e. The number of likely N-dealkylation sites (tertiary alicyclic amines) is 1. The van der Waals surface area contributed by atoms with Gasteiger partial charge in [-0.3, -0.25) is 14.5 Å². The first-order chi connectivity index (χ1) is 11.0. The van der Waals surface area contributed by atoms with Crippen molar-refractivity contribution in [3.05, 3.63) is 35.9 Å². The van der Waals surface area contributed by atoms with E-state index in [9.17, 15) is 9.59 Å². The second kappa shape index (κ2) is 8.11. The van der Waals surface area contributed by atoms with Crippen molar-refractivity contribution in [2.45, 2.75) is 38.8 Å². The summed E-state index contributed by atoms with van der Waals surface area (Å²) in [5.41, 5.74) is 0.926. The fourth-order valence-corrected chi connectivity index (χ4v) is 3.07. The van der Waals surface area contributed by atoms with Crippen molar-refractivity contribution >= 4 is 11.8 Å². The van der Waals surface area contributed by atoms with E-state index in [2.05, 4.69) is 24.5 Å². The summed E-state index contributed by atoms with van der Waals surface area (Å²) in [7, 11) is 1.64. The summed E-state index contributed by atoms with van der Waals surface area (Å²) in [5, 5.41) is 5.74. The Morgan fingerprint density at radius 1 is 1.26 bits per heavy atom. The van der Waals surface area contributed by atoms with E-state index in [0.29, 0.717) is 12.5 Å². The summed E-state index contributed by atoms with van der Waals surface area (Å²) in [4.78, 5) is 27.0. The summed E-state index contributed by atoms with van der Waals surface area (Å²) in [6.07, 6.45) is 1.73. The molecular formula is C18H27N3O2. The molecule has 1 saturated heterocycles. The number of hydrogen-bond donors (Lipinski definition) is 2. The lowest BCUT2D eigenvalue weighted by atomic mass is 10.0. The fourth-order valence-electron chi connectivity index (χ4n) is 3.07. The highest BCUT2D eigenvalue weighted by Gasteiger charge is 2.38. The second-order valence-corrected chi connectivity index (χ2v) is 6.46. The average molecular weight is 317 g/mol. The second-order valence-electron chi connectivity index (χ2n) is 6.46. The molecule has 5 heteroatoms. The predicted octanol–water partition coefficient (Wildman–Crippen LogP) is 1.71. The molecule has 1 aliphatic heterocycles. The van der Waals surface area contributed by atoms with Gasteiger partial charge in [-0.05, 0) is 24.3 Å². The molecule has 2 rings (SSSR count). The first-order valence-corrected chi connectivity index (χ1v) is 8.34. The van der Waals surface area contributed by atoms with Crippen LogP contribution in [0.15, 0.2) is 30.3 Å². The van der Waals surface area contributed by atoms with Gasteiger partial charge in [0.15, 0.2) is 0 Å². The number of carbonyl (C=O) groups is 2. The fraction of sp³-hybridized carbons (Fsp3) is 0.556. The lowest BCUT2D eigenvalue weighted by molar-refractivity contribution is -0.131. The van der Waals surface area contributed by atoms with Gasteiger partial charge in [0.2, 0.25) is 11.8 Å². The van der Waals surface area contributed by atoms with Gasteiger partial charge >= 0.3 is 0 Å². The van der Waals surface area contributed by atoms with Crippen LogP contribution in [0, 0.1) is 5.92 Å². The van der Waals surface area contributed by atoms with Crippen LogP contribution in [-0.4, -0.2) is 42.9 Å². The van der Waals surface area contributed by atoms with Crippen LogP contribution in [-0.2, 0) is 9.59 Å². The third-order valence-corrected chi connectivity index (χ3v) is 4.22. The molecule has 0 spiro atoms. The summed E-state index contributed by atoms with van der Waals surface area (Å²) < 4.78 is 0. The van der Waals surface area contributed by atoms with E-state index in [1.54, 1.807) is 7.05 Å². The number of hydrogen-bond acceptors (Lipinski definition) is 3. The molecule has 2 atom stereocenters. The van der Waals surface area contributed by atoms with Crippen molar-refractivity contribution in [3.63, 3.8) is 0 Å². The molecule has 1 fully saturated rings. The van der Waals surface area contributed by atoms with Crippen LogP contribution in [0.5, 0.6) is 0 Å². The van der Waals surface area contributed by atoms with Crippen molar-refractivity contribution in [2.75, 3.05) is 20.1 Å². The van der Waals surface area contributed by atoms with Gasteiger partial charge in [-0.2, -0.15) is 0 Å². The van der Waals surface area contributed by atoms with Crippen LogP contribution in [0.25, 0.3) is 0 Å². The summed E-state index contributed by atoms with van der Waals surface area (Å²) >= 11 is 0. The molecule has 23 heavy (non-hydrogen) atoms. The highest BCUT2D eigenvalue weighted by Crippen LogP contribution is 2.29. The van der Waals surface area contributed by atoms with E-state index in [4.69, 9.17) is 0 Å². The van der Waals surface area contributed by atoms with Gasteiger partial charge in [0, 0.05) is 20.1 Å². The van der Waals surface area contributed by atoms with Gasteiger partial charge in [-0.15, -0.1) is 0 Å². The number of nitrogens with one attached hydrogen (secondary N) is 2. The Hall–Kier alpha value is -1.88. The topological polar surface area (TPSA) is 61.4 Å². The number of likely N-dealkylation sites (N-methyl/N-ethyl adjacent to an activating group) is 1. The van der Waals surface area contributed by atoms with Gasteiger partial charge in [0.05, 0.1) is 6.04 Å². The SMILES string of the molecule is CNC(=O)C(c1ccccc1)N1CCCC1C(=O)NCC(C)C. The van der Waals surface area contributed by atoms with Crippen molar-refractivity contribution in [3.8, 4) is 0 Å². The molecule has 0 radical (unpaired) electrons. The number of benzene rings is 1. The van der Waals surface area contributed by atoms with Gasteiger partial charge < -0.3 is 10.6 Å². The molecule has 2 amide bonds. The lowest BCUT2D eigenvalue weighted by Gasteiger charge is -2.31. The van der Waals surface area contributed by atoms with Crippen molar-refractivity contribution < 1.29 is 9.59 Å². The Morgan fingerprint density at radius 2 is 1.96 bits per heavy atom. The minimum atomic E-state index is -0.418. The predicted molar refractivity (Wildman–Crippen MR) is 90.8 cm³/mol. The Labute approximate surface area is 138 Å². The molecule has 1 aliphatic rings. The molecule has 0 aliphatic carbocycles. The highest BCUT2D eigenvalue weighted by atomic mass is 16.2. The van der Waals surface area contributed by atoms with Crippen LogP contribution < -0.4 is 10.6 Å². The largest absolute Gasteiger partial charge is 0.358 e. The number of carbonyl (C=O) groups excluding carboxylic acids is 2. The summed E-state index contributed by atoms with van der Waals surface area (Å²) in [6.45, 7) is 5.57. The van der Waals surface area contributed by atoms with E-state index in [0.717, 1.165) is 24.9 Å². The van der Waals surface area contributed by atoms with Crippen LogP contribution in [0.2, 0.25) is 0 Å². The van der Waals surface area contributed by atoms with E-state index in [1.165, 1.54) is 0 Å². The van der Waals surface area contributed by atoms with Crippen LogP contribution in [0.3, 0.4) is 0 Å². The zero-order valence-electron chi connectivity index (χ0n) is 14.2.